The molecule has 180 valence electrons. The quantitative estimate of drug-likeness (QED) is 0.463. The van der Waals surface area contributed by atoms with Crippen LogP contribution in [-0.4, -0.2) is 47.2 Å². The molecule has 0 bridgehead atoms. The molecule has 1 unspecified atom stereocenters. The number of benzene rings is 2. The van der Waals surface area contributed by atoms with E-state index in [-0.39, 0.29) is 5.41 Å². The van der Waals surface area contributed by atoms with Crippen molar-refractivity contribution >= 4 is 23.1 Å². The number of nitrogens with zero attached hydrogens (tertiary/aromatic N) is 3. The molecule has 0 amide bonds. The molecule has 2 heterocycles. The number of ether oxygens (including phenoxy) is 1. The van der Waals surface area contributed by atoms with Gasteiger partial charge in [-0.25, -0.2) is 4.98 Å². The summed E-state index contributed by atoms with van der Waals surface area (Å²) in [6.45, 7) is 14.7. The molecule has 1 saturated heterocycles. The molecule has 1 fully saturated rings. The van der Waals surface area contributed by atoms with Gasteiger partial charge in [0.2, 0.25) is 5.95 Å². The van der Waals surface area contributed by atoms with E-state index in [1.165, 1.54) is 11.1 Å². The van der Waals surface area contributed by atoms with Crippen LogP contribution >= 0.6 is 0 Å². The lowest BCUT2D eigenvalue weighted by atomic mass is 9.87. The fourth-order valence-electron chi connectivity index (χ4n) is 4.17. The van der Waals surface area contributed by atoms with Gasteiger partial charge in [0.25, 0.3) is 0 Å². The topological polar surface area (TPSA) is 62.3 Å². The third kappa shape index (κ3) is 6.33. The Morgan fingerprint density at radius 3 is 2.44 bits per heavy atom. The molecule has 2 N–H and O–H groups in total. The van der Waals surface area contributed by atoms with Gasteiger partial charge >= 0.3 is 0 Å². The average Bonchev–Trinajstić information content (AvgIpc) is 2.83. The normalized spacial score (nSPS) is 15.7. The van der Waals surface area contributed by atoms with Crippen LogP contribution in [0.2, 0.25) is 0 Å². The van der Waals surface area contributed by atoms with Crippen LogP contribution in [0.15, 0.2) is 54.7 Å². The molecule has 0 aliphatic carbocycles. The Bertz CT molecular complexity index is 1080. The van der Waals surface area contributed by atoms with Gasteiger partial charge in [-0.2, -0.15) is 4.98 Å². The summed E-state index contributed by atoms with van der Waals surface area (Å²) in [4.78, 5) is 11.7. The summed E-state index contributed by atoms with van der Waals surface area (Å²) in [5.74, 6) is 1.38. The van der Waals surface area contributed by atoms with Crippen molar-refractivity contribution in [3.05, 3.63) is 71.4 Å². The first-order valence-corrected chi connectivity index (χ1v) is 12.2. The fraction of sp³-hybridized carbons (Fsp3) is 0.429. The minimum atomic E-state index is 0.0945. The van der Waals surface area contributed by atoms with Gasteiger partial charge in [0.1, 0.15) is 5.82 Å². The highest BCUT2D eigenvalue weighted by Crippen LogP contribution is 2.27. The van der Waals surface area contributed by atoms with Crippen LogP contribution in [0, 0.1) is 6.92 Å². The first-order chi connectivity index (χ1) is 16.3. The van der Waals surface area contributed by atoms with Crippen molar-refractivity contribution in [3.8, 4) is 0 Å². The lowest BCUT2D eigenvalue weighted by Crippen LogP contribution is -2.43. The second kappa shape index (κ2) is 10.5. The number of aryl methyl sites for hydroxylation is 1. The maximum absolute atomic E-state index is 5.47. The second-order valence-electron chi connectivity index (χ2n) is 10.2. The Labute approximate surface area is 203 Å². The SMILES string of the molecule is Cc1cnc(Nc2ccc(CC(C)N3CCOCC3)cc2)nc1Nc1cccc(C(C)(C)C)c1. The van der Waals surface area contributed by atoms with Gasteiger partial charge in [-0.15, -0.1) is 0 Å². The molecule has 2 aromatic carbocycles. The van der Waals surface area contributed by atoms with E-state index in [0.717, 1.165) is 55.5 Å². The van der Waals surface area contributed by atoms with Crippen molar-refractivity contribution in [2.24, 2.45) is 0 Å². The monoisotopic (exact) mass is 459 g/mol. The summed E-state index contributed by atoms with van der Waals surface area (Å²) in [6, 6.07) is 17.6. The number of hydrogen-bond acceptors (Lipinski definition) is 6. The van der Waals surface area contributed by atoms with Crippen LogP contribution in [0.1, 0.15) is 44.4 Å². The largest absolute Gasteiger partial charge is 0.379 e. The number of rotatable bonds is 7. The number of hydrogen-bond donors (Lipinski definition) is 2. The highest BCUT2D eigenvalue weighted by atomic mass is 16.5. The molecule has 4 rings (SSSR count). The van der Waals surface area contributed by atoms with Gasteiger partial charge in [-0.3, -0.25) is 4.90 Å². The van der Waals surface area contributed by atoms with Crippen molar-refractivity contribution in [3.63, 3.8) is 0 Å². The maximum Gasteiger partial charge on any atom is 0.229 e. The van der Waals surface area contributed by atoms with E-state index in [1.54, 1.807) is 0 Å². The van der Waals surface area contributed by atoms with E-state index in [2.05, 4.69) is 96.7 Å². The highest BCUT2D eigenvalue weighted by Gasteiger charge is 2.17. The van der Waals surface area contributed by atoms with Crippen molar-refractivity contribution < 1.29 is 4.74 Å². The van der Waals surface area contributed by atoms with Crippen LogP contribution in [0.5, 0.6) is 0 Å². The molecule has 34 heavy (non-hydrogen) atoms. The minimum absolute atomic E-state index is 0.0945. The van der Waals surface area contributed by atoms with Gasteiger partial charge < -0.3 is 15.4 Å². The smallest absolute Gasteiger partial charge is 0.229 e. The van der Waals surface area contributed by atoms with Crippen molar-refractivity contribution in [1.29, 1.82) is 0 Å². The zero-order chi connectivity index (χ0) is 24.1. The molecular weight excluding hydrogens is 422 g/mol. The first-order valence-electron chi connectivity index (χ1n) is 12.2. The molecular formula is C28H37N5O. The van der Waals surface area contributed by atoms with Gasteiger partial charge in [0.15, 0.2) is 0 Å². The van der Waals surface area contributed by atoms with Gasteiger partial charge in [-0.1, -0.05) is 45.0 Å². The lowest BCUT2D eigenvalue weighted by Gasteiger charge is -2.32. The van der Waals surface area contributed by atoms with Crippen molar-refractivity contribution in [1.82, 2.24) is 14.9 Å². The molecule has 0 spiro atoms. The summed E-state index contributed by atoms with van der Waals surface area (Å²) in [6.07, 6.45) is 2.88. The number of aromatic nitrogens is 2. The molecule has 3 aromatic rings. The Morgan fingerprint density at radius 2 is 1.74 bits per heavy atom. The molecule has 0 radical (unpaired) electrons. The highest BCUT2D eigenvalue weighted by molar-refractivity contribution is 5.63. The molecule has 6 heteroatoms. The van der Waals surface area contributed by atoms with Gasteiger partial charge in [-0.05, 0) is 61.1 Å². The zero-order valence-electron chi connectivity index (χ0n) is 21.1. The van der Waals surface area contributed by atoms with Crippen molar-refractivity contribution in [2.75, 3.05) is 36.9 Å². The average molecular weight is 460 g/mol. The lowest BCUT2D eigenvalue weighted by molar-refractivity contribution is 0.0203. The van der Waals surface area contributed by atoms with Crippen LogP contribution in [0.25, 0.3) is 0 Å². The van der Waals surface area contributed by atoms with Crippen LogP contribution in [0.3, 0.4) is 0 Å². The molecule has 1 aliphatic heterocycles. The zero-order valence-corrected chi connectivity index (χ0v) is 21.1. The minimum Gasteiger partial charge on any atom is -0.379 e. The standard InChI is InChI=1S/C28H37N5O/c1-20-19-29-27(32-26(20)30-25-8-6-7-23(18-25)28(3,4)5)31-24-11-9-22(10-12-24)17-21(2)33-13-15-34-16-14-33/h6-12,18-19,21H,13-17H2,1-5H3,(H2,29,30,31,32). The third-order valence-electron chi connectivity index (χ3n) is 6.37. The van der Waals surface area contributed by atoms with Gasteiger partial charge in [0, 0.05) is 42.3 Å². The van der Waals surface area contributed by atoms with E-state index in [9.17, 15) is 0 Å². The van der Waals surface area contributed by atoms with Crippen LogP contribution in [0.4, 0.5) is 23.1 Å². The number of morpholine rings is 1. The molecule has 6 nitrogen and oxygen atoms in total. The summed E-state index contributed by atoms with van der Waals surface area (Å²) >= 11 is 0. The Morgan fingerprint density at radius 1 is 1.00 bits per heavy atom. The summed E-state index contributed by atoms with van der Waals surface area (Å²) < 4.78 is 5.47. The van der Waals surface area contributed by atoms with Gasteiger partial charge in [0.05, 0.1) is 13.2 Å². The fourth-order valence-corrected chi connectivity index (χ4v) is 4.17. The number of anilines is 4. The molecule has 1 aliphatic rings. The second-order valence-corrected chi connectivity index (χ2v) is 10.2. The van der Waals surface area contributed by atoms with Crippen molar-refractivity contribution in [2.45, 2.75) is 52.5 Å². The van der Waals surface area contributed by atoms with Crippen LogP contribution < -0.4 is 10.6 Å². The molecule has 1 atom stereocenters. The van der Waals surface area contributed by atoms with E-state index in [1.807, 2.05) is 13.1 Å². The van der Waals surface area contributed by atoms with E-state index < -0.39 is 0 Å². The summed E-state index contributed by atoms with van der Waals surface area (Å²) in [5.41, 5.74) is 5.71. The van der Waals surface area contributed by atoms with Crippen LogP contribution in [-0.2, 0) is 16.6 Å². The van der Waals surface area contributed by atoms with E-state index in [0.29, 0.717) is 12.0 Å². The first kappa shape index (κ1) is 24.2. The summed E-state index contributed by atoms with van der Waals surface area (Å²) in [7, 11) is 0. The maximum atomic E-state index is 5.47. The molecule has 1 aromatic heterocycles. The number of nitrogens with one attached hydrogen (secondary N) is 2. The Hall–Kier alpha value is -2.96. The Kier molecular flexibility index (Phi) is 7.49. The molecule has 0 saturated carbocycles. The summed E-state index contributed by atoms with van der Waals surface area (Å²) in [5, 5.41) is 6.82. The Balaban J connectivity index is 1.41. The van der Waals surface area contributed by atoms with E-state index in [4.69, 9.17) is 9.72 Å². The third-order valence-corrected chi connectivity index (χ3v) is 6.37. The predicted octanol–water partition coefficient (Wildman–Crippen LogP) is 5.83. The predicted molar refractivity (Wildman–Crippen MR) is 140 cm³/mol. The van der Waals surface area contributed by atoms with E-state index >= 15 is 0 Å².